The van der Waals surface area contributed by atoms with Crippen molar-refractivity contribution in [1.82, 2.24) is 20.5 Å². The molecule has 0 radical (unpaired) electrons. The first kappa shape index (κ1) is 17.9. The third kappa shape index (κ3) is 4.81. The van der Waals surface area contributed by atoms with E-state index < -0.39 is 6.04 Å². The van der Waals surface area contributed by atoms with Crippen LogP contribution >= 0.6 is 23.1 Å². The molecular weight excluding hydrogens is 354 g/mol. The maximum atomic E-state index is 12.2. The summed E-state index contributed by atoms with van der Waals surface area (Å²) in [4.78, 5) is 15.4. The Morgan fingerprint density at radius 3 is 3.04 bits per heavy atom. The van der Waals surface area contributed by atoms with Crippen molar-refractivity contribution in [2.24, 2.45) is 5.73 Å². The lowest BCUT2D eigenvalue weighted by molar-refractivity contribution is -0.122. The van der Waals surface area contributed by atoms with Gasteiger partial charge in [0.05, 0.1) is 6.04 Å². The van der Waals surface area contributed by atoms with Crippen LogP contribution in [0.15, 0.2) is 34.8 Å². The van der Waals surface area contributed by atoms with Crippen molar-refractivity contribution in [3.8, 4) is 0 Å². The van der Waals surface area contributed by atoms with Gasteiger partial charge in [-0.05, 0) is 31.4 Å². The molecule has 0 fully saturated rings. The highest BCUT2D eigenvalue weighted by Crippen LogP contribution is 2.22. The highest BCUT2D eigenvalue weighted by Gasteiger charge is 2.15. The Morgan fingerprint density at radius 2 is 2.24 bits per heavy atom. The number of aryl methyl sites for hydroxylation is 1. The van der Waals surface area contributed by atoms with E-state index in [1.807, 2.05) is 37.4 Å². The number of fused-ring (bicyclic) bond motifs is 1. The molecule has 3 aromatic rings. The molecule has 4 N–H and O–H groups in total. The number of carbonyl (C=O) groups is 1. The van der Waals surface area contributed by atoms with Crippen LogP contribution in [-0.4, -0.2) is 39.4 Å². The molecule has 0 unspecified atom stereocenters. The summed E-state index contributed by atoms with van der Waals surface area (Å²) in [5, 5.41) is 13.1. The van der Waals surface area contributed by atoms with E-state index in [-0.39, 0.29) is 5.91 Å². The zero-order valence-electron chi connectivity index (χ0n) is 14.0. The van der Waals surface area contributed by atoms with Crippen LogP contribution in [0.5, 0.6) is 0 Å². The lowest BCUT2D eigenvalue weighted by Crippen LogP contribution is -2.42. The average Bonchev–Trinajstić information content (AvgIpc) is 3.21. The van der Waals surface area contributed by atoms with Crippen LogP contribution in [0, 0.1) is 6.92 Å². The van der Waals surface area contributed by atoms with Crippen LogP contribution in [0.3, 0.4) is 0 Å². The standard InChI is InChI=1S/C17H21N5OS2/c1-11-21-22-17(25-11)24-8-4-7-19-16(23)14(18)9-12-10-20-15-6-3-2-5-13(12)15/h2-3,5-6,10,14,20H,4,7-9,18H2,1H3,(H,19,23)/t14-/m1/s1. The van der Waals surface area contributed by atoms with Gasteiger partial charge in [-0.25, -0.2) is 0 Å². The minimum atomic E-state index is -0.544. The Balaban J connectivity index is 1.40. The molecule has 0 spiro atoms. The Morgan fingerprint density at radius 1 is 1.40 bits per heavy atom. The van der Waals surface area contributed by atoms with E-state index in [1.165, 1.54) is 0 Å². The van der Waals surface area contributed by atoms with E-state index >= 15 is 0 Å². The fourth-order valence-electron chi connectivity index (χ4n) is 2.54. The molecule has 0 aliphatic carbocycles. The smallest absolute Gasteiger partial charge is 0.237 e. The predicted octanol–water partition coefficient (Wildman–Crippen LogP) is 2.50. The van der Waals surface area contributed by atoms with Gasteiger partial charge < -0.3 is 16.0 Å². The number of carbonyl (C=O) groups excluding carboxylic acids is 1. The van der Waals surface area contributed by atoms with Gasteiger partial charge in [0.15, 0.2) is 4.34 Å². The number of amides is 1. The van der Waals surface area contributed by atoms with Crippen LogP contribution in [0.2, 0.25) is 0 Å². The largest absolute Gasteiger partial charge is 0.361 e. The number of nitrogens with two attached hydrogens (primary N) is 1. The van der Waals surface area contributed by atoms with Gasteiger partial charge in [-0.15, -0.1) is 10.2 Å². The summed E-state index contributed by atoms with van der Waals surface area (Å²) in [5.41, 5.74) is 8.19. The van der Waals surface area contributed by atoms with E-state index in [4.69, 9.17) is 5.73 Å². The predicted molar refractivity (Wildman–Crippen MR) is 103 cm³/mol. The fraction of sp³-hybridized carbons (Fsp3) is 0.353. The number of nitrogens with zero attached hydrogens (tertiary/aromatic N) is 2. The minimum absolute atomic E-state index is 0.109. The molecule has 132 valence electrons. The second-order valence-electron chi connectivity index (χ2n) is 5.75. The summed E-state index contributed by atoms with van der Waals surface area (Å²) in [6.45, 7) is 2.56. The van der Waals surface area contributed by atoms with Crippen molar-refractivity contribution in [3.05, 3.63) is 41.0 Å². The van der Waals surface area contributed by atoms with E-state index in [0.29, 0.717) is 13.0 Å². The van der Waals surface area contributed by atoms with Crippen molar-refractivity contribution in [3.63, 3.8) is 0 Å². The molecule has 1 atom stereocenters. The van der Waals surface area contributed by atoms with Crippen molar-refractivity contribution in [2.75, 3.05) is 12.3 Å². The number of hydrogen-bond acceptors (Lipinski definition) is 6. The van der Waals surface area contributed by atoms with Crippen LogP contribution in [-0.2, 0) is 11.2 Å². The summed E-state index contributed by atoms with van der Waals surface area (Å²) in [6, 6.07) is 7.48. The van der Waals surface area contributed by atoms with Gasteiger partial charge >= 0.3 is 0 Å². The fourth-order valence-corrected chi connectivity index (χ4v) is 4.37. The van der Waals surface area contributed by atoms with Crippen LogP contribution in [0.1, 0.15) is 17.0 Å². The Labute approximate surface area is 154 Å². The highest BCUT2D eigenvalue weighted by molar-refractivity contribution is 8.01. The van der Waals surface area contributed by atoms with Crippen molar-refractivity contribution in [2.45, 2.75) is 30.1 Å². The molecule has 0 bridgehead atoms. The van der Waals surface area contributed by atoms with Gasteiger partial charge in [0.1, 0.15) is 5.01 Å². The quantitative estimate of drug-likeness (QED) is 0.415. The number of benzene rings is 1. The second kappa shape index (κ2) is 8.46. The SMILES string of the molecule is Cc1nnc(SCCCNC(=O)[C@H](N)Cc2c[nH]c3ccccc23)s1. The zero-order valence-corrected chi connectivity index (χ0v) is 15.6. The molecule has 0 saturated carbocycles. The zero-order chi connectivity index (χ0) is 17.6. The van der Waals surface area contributed by atoms with Gasteiger partial charge in [0, 0.05) is 29.4 Å². The summed E-state index contributed by atoms with van der Waals surface area (Å²) in [5.74, 6) is 0.786. The van der Waals surface area contributed by atoms with E-state index in [1.54, 1.807) is 23.1 Å². The molecule has 2 heterocycles. The molecule has 1 amide bonds. The highest BCUT2D eigenvalue weighted by atomic mass is 32.2. The van der Waals surface area contributed by atoms with Gasteiger partial charge in [-0.2, -0.15) is 0 Å². The molecule has 6 nitrogen and oxygen atoms in total. The lowest BCUT2D eigenvalue weighted by atomic mass is 10.1. The molecule has 8 heteroatoms. The maximum Gasteiger partial charge on any atom is 0.237 e. The summed E-state index contributed by atoms with van der Waals surface area (Å²) >= 11 is 3.26. The summed E-state index contributed by atoms with van der Waals surface area (Å²) in [7, 11) is 0. The van der Waals surface area contributed by atoms with Gasteiger partial charge in [0.25, 0.3) is 0 Å². The first-order chi connectivity index (χ1) is 12.1. The molecule has 25 heavy (non-hydrogen) atoms. The third-order valence-corrected chi connectivity index (χ3v) is 5.86. The van der Waals surface area contributed by atoms with E-state index in [9.17, 15) is 4.79 Å². The number of para-hydroxylation sites is 1. The van der Waals surface area contributed by atoms with E-state index in [2.05, 4.69) is 20.5 Å². The first-order valence-electron chi connectivity index (χ1n) is 8.14. The van der Waals surface area contributed by atoms with E-state index in [0.717, 1.165) is 38.0 Å². The van der Waals surface area contributed by atoms with Gasteiger partial charge in [-0.1, -0.05) is 41.3 Å². The molecular formula is C17H21N5OS2. The van der Waals surface area contributed by atoms with Gasteiger partial charge in [0.2, 0.25) is 5.91 Å². The first-order valence-corrected chi connectivity index (χ1v) is 9.95. The van der Waals surface area contributed by atoms with Crippen LogP contribution in [0.4, 0.5) is 0 Å². The van der Waals surface area contributed by atoms with Crippen LogP contribution in [0.25, 0.3) is 10.9 Å². The monoisotopic (exact) mass is 375 g/mol. The van der Waals surface area contributed by atoms with Crippen molar-refractivity contribution >= 4 is 39.9 Å². The van der Waals surface area contributed by atoms with Crippen molar-refractivity contribution in [1.29, 1.82) is 0 Å². The molecule has 0 aliphatic rings. The summed E-state index contributed by atoms with van der Waals surface area (Å²) in [6.07, 6.45) is 3.32. The molecule has 0 aliphatic heterocycles. The van der Waals surface area contributed by atoms with Gasteiger partial charge in [-0.3, -0.25) is 4.79 Å². The van der Waals surface area contributed by atoms with Crippen LogP contribution < -0.4 is 11.1 Å². The Hall–Kier alpha value is -1.90. The number of H-pyrrole nitrogens is 1. The summed E-state index contributed by atoms with van der Waals surface area (Å²) < 4.78 is 0.972. The number of rotatable bonds is 8. The molecule has 1 aromatic carbocycles. The Bertz CT molecular complexity index is 844. The maximum absolute atomic E-state index is 12.2. The Kier molecular flexibility index (Phi) is 6.06. The molecule has 3 rings (SSSR count). The third-order valence-electron chi connectivity index (χ3n) is 3.80. The number of aromatic nitrogens is 3. The number of aromatic amines is 1. The number of hydrogen-bond donors (Lipinski definition) is 3. The number of thioether (sulfide) groups is 1. The second-order valence-corrected chi connectivity index (χ2v) is 8.27. The van der Waals surface area contributed by atoms with Crippen molar-refractivity contribution < 1.29 is 4.79 Å². The lowest BCUT2D eigenvalue weighted by Gasteiger charge is -2.11. The topological polar surface area (TPSA) is 96.7 Å². The minimum Gasteiger partial charge on any atom is -0.361 e. The average molecular weight is 376 g/mol. The molecule has 2 aromatic heterocycles. The normalized spacial score (nSPS) is 12.4. The molecule has 0 saturated heterocycles. The number of nitrogens with one attached hydrogen (secondary N) is 2.